The van der Waals surface area contributed by atoms with E-state index in [0.29, 0.717) is 24.8 Å². The molecule has 0 spiro atoms. The number of Topliss-reactive ketones (excluding diaryl/α,β-unsaturated/α-hetero) is 1. The Morgan fingerprint density at radius 1 is 1.00 bits per heavy atom. The lowest BCUT2D eigenvalue weighted by molar-refractivity contribution is -0.227. The van der Waals surface area contributed by atoms with Gasteiger partial charge in [-0.3, -0.25) is 9.59 Å². The van der Waals surface area contributed by atoms with Gasteiger partial charge < -0.3 is 24.4 Å². The summed E-state index contributed by atoms with van der Waals surface area (Å²) in [6, 6.07) is 20.4. The van der Waals surface area contributed by atoms with Crippen LogP contribution in [0.15, 0.2) is 72.8 Å². The van der Waals surface area contributed by atoms with Crippen molar-refractivity contribution in [3.05, 3.63) is 95.1 Å². The minimum absolute atomic E-state index is 0.0727. The average Bonchev–Trinajstić information content (AvgIpc) is 2.92. The zero-order valence-corrected chi connectivity index (χ0v) is 21.4. The maximum atomic E-state index is 13.3. The molecule has 6 rings (SSSR count). The van der Waals surface area contributed by atoms with Crippen molar-refractivity contribution in [1.29, 1.82) is 0 Å². The number of carbonyl (C=O) groups excluding carboxylic acids is 2. The molecule has 39 heavy (non-hydrogen) atoms. The lowest BCUT2D eigenvalue weighted by atomic mass is 9.79. The van der Waals surface area contributed by atoms with Crippen LogP contribution in [-0.4, -0.2) is 33.9 Å². The molecule has 0 radical (unpaired) electrons. The van der Waals surface area contributed by atoms with Gasteiger partial charge in [0.15, 0.2) is 11.6 Å². The normalized spacial score (nSPS) is 26.7. The number of ketones is 1. The Hall–Kier alpha value is -3.94. The third-order valence-electron chi connectivity index (χ3n) is 7.67. The van der Waals surface area contributed by atoms with Crippen LogP contribution in [0.2, 0.25) is 0 Å². The van der Waals surface area contributed by atoms with Crippen molar-refractivity contribution in [2.45, 2.75) is 62.4 Å². The summed E-state index contributed by atoms with van der Waals surface area (Å²) in [4.78, 5) is 26.0. The molecule has 7 heteroatoms. The Kier molecular flexibility index (Phi) is 6.71. The van der Waals surface area contributed by atoms with E-state index in [1.54, 1.807) is 6.08 Å². The topological polar surface area (TPSA) is 102 Å². The molecule has 200 valence electrons. The highest BCUT2D eigenvalue weighted by Gasteiger charge is 2.44. The maximum absolute atomic E-state index is 13.3. The molecule has 2 N–H and O–H groups in total. The van der Waals surface area contributed by atoms with Crippen molar-refractivity contribution in [3.8, 4) is 17.2 Å². The summed E-state index contributed by atoms with van der Waals surface area (Å²) >= 11 is 0. The Bertz CT molecular complexity index is 1420. The SMILES string of the molecule is O=C1CCCC2CC(CC(O)(/C=C/c3ccccc3)O2)c2c(cc(O)c3c2OC(c2ccccc2)CC3=O)O1. The third-order valence-corrected chi connectivity index (χ3v) is 7.67. The first-order valence-corrected chi connectivity index (χ1v) is 13.4. The van der Waals surface area contributed by atoms with Crippen LogP contribution in [0.4, 0.5) is 0 Å². The number of phenolic OH excluding ortho intramolecular Hbond substituents is 1. The second-order valence-corrected chi connectivity index (χ2v) is 10.5. The monoisotopic (exact) mass is 526 g/mol. The van der Waals surface area contributed by atoms with Crippen LogP contribution < -0.4 is 9.47 Å². The van der Waals surface area contributed by atoms with Crippen molar-refractivity contribution >= 4 is 17.8 Å². The van der Waals surface area contributed by atoms with Crippen LogP contribution in [0.25, 0.3) is 6.08 Å². The van der Waals surface area contributed by atoms with Gasteiger partial charge in [0.1, 0.15) is 28.9 Å². The van der Waals surface area contributed by atoms with Gasteiger partial charge in [-0.15, -0.1) is 0 Å². The van der Waals surface area contributed by atoms with Crippen LogP contribution >= 0.6 is 0 Å². The molecule has 2 bridgehead atoms. The fraction of sp³-hybridized carbons (Fsp3) is 0.312. The number of fused-ring (bicyclic) bond motifs is 6. The molecule has 0 saturated carbocycles. The van der Waals surface area contributed by atoms with Gasteiger partial charge in [-0.25, -0.2) is 0 Å². The fourth-order valence-corrected chi connectivity index (χ4v) is 5.89. The molecule has 3 aromatic rings. The first kappa shape index (κ1) is 25.3. The largest absolute Gasteiger partial charge is 0.507 e. The molecular formula is C32H30O7. The lowest BCUT2D eigenvalue weighted by Crippen LogP contribution is -2.42. The van der Waals surface area contributed by atoms with E-state index in [1.807, 2.05) is 66.7 Å². The number of phenols is 1. The quantitative estimate of drug-likeness (QED) is 0.326. The fourth-order valence-electron chi connectivity index (χ4n) is 5.89. The van der Waals surface area contributed by atoms with Gasteiger partial charge in [0.2, 0.25) is 0 Å². The van der Waals surface area contributed by atoms with Gasteiger partial charge in [-0.05, 0) is 42.4 Å². The standard InChI is InChI=1S/C32H30O7/c33-24-17-26(21-10-5-2-6-11-21)38-31-29-22-16-23(12-7-13-28(35)37-27(29)18-25(34)30(24)31)39-32(36,19-22)15-14-20-8-3-1-4-9-20/h1-6,8-11,14-15,18,22-23,26,34,36H,7,12-13,16-17,19H2/b15-14+. The highest BCUT2D eigenvalue weighted by Crippen LogP contribution is 2.53. The summed E-state index contributed by atoms with van der Waals surface area (Å²) in [5.74, 6) is -2.57. The first-order chi connectivity index (χ1) is 18.9. The predicted molar refractivity (Wildman–Crippen MR) is 144 cm³/mol. The molecule has 7 nitrogen and oxygen atoms in total. The van der Waals surface area contributed by atoms with Crippen LogP contribution in [0.3, 0.4) is 0 Å². The number of ether oxygens (including phenoxy) is 3. The van der Waals surface area contributed by atoms with Crippen molar-refractivity contribution in [2.75, 3.05) is 0 Å². The Balaban J connectivity index is 1.45. The van der Waals surface area contributed by atoms with Crippen molar-refractivity contribution in [2.24, 2.45) is 0 Å². The smallest absolute Gasteiger partial charge is 0.311 e. The number of hydrogen-bond donors (Lipinski definition) is 2. The minimum Gasteiger partial charge on any atom is -0.507 e. The number of hydrogen-bond acceptors (Lipinski definition) is 7. The Morgan fingerprint density at radius 3 is 2.51 bits per heavy atom. The van der Waals surface area contributed by atoms with E-state index >= 15 is 0 Å². The highest BCUT2D eigenvalue weighted by atomic mass is 16.6. The Morgan fingerprint density at radius 2 is 1.74 bits per heavy atom. The van der Waals surface area contributed by atoms with Gasteiger partial charge >= 0.3 is 5.97 Å². The zero-order valence-electron chi connectivity index (χ0n) is 21.4. The molecule has 4 atom stereocenters. The van der Waals surface area contributed by atoms with E-state index in [9.17, 15) is 19.8 Å². The van der Waals surface area contributed by atoms with Crippen molar-refractivity contribution in [1.82, 2.24) is 0 Å². The van der Waals surface area contributed by atoms with Crippen LogP contribution in [0.1, 0.15) is 77.6 Å². The molecule has 3 aliphatic heterocycles. The number of aliphatic hydroxyl groups is 1. The molecule has 3 aliphatic rings. The van der Waals surface area contributed by atoms with Gasteiger partial charge in [-0.2, -0.15) is 0 Å². The van der Waals surface area contributed by atoms with Gasteiger partial charge in [0.05, 0.1) is 12.5 Å². The summed E-state index contributed by atoms with van der Waals surface area (Å²) < 4.78 is 18.4. The summed E-state index contributed by atoms with van der Waals surface area (Å²) in [6.45, 7) is 0. The van der Waals surface area contributed by atoms with Gasteiger partial charge in [-0.1, -0.05) is 66.7 Å². The second kappa shape index (κ2) is 10.3. The zero-order chi connectivity index (χ0) is 27.0. The predicted octanol–water partition coefficient (Wildman–Crippen LogP) is 5.85. The lowest BCUT2D eigenvalue weighted by Gasteiger charge is -2.42. The number of aromatic hydroxyl groups is 1. The van der Waals surface area contributed by atoms with Crippen LogP contribution in [0, 0.1) is 0 Å². The molecular weight excluding hydrogens is 496 g/mol. The number of carbonyl (C=O) groups is 2. The molecule has 4 unspecified atom stereocenters. The van der Waals surface area contributed by atoms with E-state index in [1.165, 1.54) is 6.07 Å². The van der Waals surface area contributed by atoms with Gasteiger partial charge in [0.25, 0.3) is 0 Å². The van der Waals surface area contributed by atoms with Crippen molar-refractivity contribution in [3.63, 3.8) is 0 Å². The van der Waals surface area contributed by atoms with Gasteiger partial charge in [0, 0.05) is 24.5 Å². The highest BCUT2D eigenvalue weighted by molar-refractivity contribution is 6.03. The third kappa shape index (κ3) is 5.20. The maximum Gasteiger partial charge on any atom is 0.311 e. The Labute approximate surface area is 226 Å². The van der Waals surface area contributed by atoms with E-state index in [0.717, 1.165) is 11.1 Å². The summed E-state index contributed by atoms with van der Waals surface area (Å²) in [7, 11) is 0. The summed E-state index contributed by atoms with van der Waals surface area (Å²) in [6.07, 6.45) is 4.61. The minimum atomic E-state index is -1.59. The number of rotatable bonds is 3. The molecule has 3 aromatic carbocycles. The summed E-state index contributed by atoms with van der Waals surface area (Å²) in [5, 5.41) is 22.5. The van der Waals surface area contributed by atoms with Crippen LogP contribution in [0.5, 0.6) is 17.2 Å². The second-order valence-electron chi connectivity index (χ2n) is 10.5. The van der Waals surface area contributed by atoms with E-state index < -0.39 is 17.9 Å². The molecule has 3 heterocycles. The van der Waals surface area contributed by atoms with E-state index in [4.69, 9.17) is 14.2 Å². The van der Waals surface area contributed by atoms with Crippen LogP contribution in [-0.2, 0) is 9.53 Å². The summed E-state index contributed by atoms with van der Waals surface area (Å²) in [5.41, 5.74) is 2.34. The average molecular weight is 527 g/mol. The molecule has 0 amide bonds. The van der Waals surface area contributed by atoms with E-state index in [-0.39, 0.29) is 59.9 Å². The first-order valence-electron chi connectivity index (χ1n) is 13.4. The van der Waals surface area contributed by atoms with Crippen molar-refractivity contribution < 1.29 is 34.0 Å². The number of esters is 1. The molecule has 1 fully saturated rings. The molecule has 0 aliphatic carbocycles. The van der Waals surface area contributed by atoms with E-state index in [2.05, 4.69) is 0 Å². The molecule has 0 aromatic heterocycles. The molecule has 1 saturated heterocycles. The number of benzene rings is 3.